The molecule has 0 bridgehead atoms. The summed E-state index contributed by atoms with van der Waals surface area (Å²) < 4.78 is 49.1. The molecule has 2 rings (SSSR count). The Bertz CT molecular complexity index is 932. The van der Waals surface area contributed by atoms with Crippen LogP contribution in [0.5, 0.6) is 11.5 Å². The number of rotatable bonds is 8. The molecule has 8 nitrogen and oxygen atoms in total. The molecule has 0 aliphatic heterocycles. The van der Waals surface area contributed by atoms with E-state index in [0.717, 1.165) is 12.1 Å². The van der Waals surface area contributed by atoms with E-state index in [-0.39, 0.29) is 11.4 Å². The lowest BCUT2D eigenvalue weighted by Gasteiger charge is -2.13. The Kier molecular flexibility index (Phi) is 7.62. The van der Waals surface area contributed by atoms with Gasteiger partial charge in [0.1, 0.15) is 0 Å². The van der Waals surface area contributed by atoms with Gasteiger partial charge in [0.05, 0.1) is 18.4 Å². The summed E-state index contributed by atoms with van der Waals surface area (Å²) in [6.45, 7) is 1.61. The number of hydrogen-bond donors (Lipinski definition) is 3. The number of carbonyl (C=O) groups excluding carboxylic acids is 2. The fraction of sp³-hybridized carbons (Fsp3) is 0.211. The Hall–Kier alpha value is -3.76. The maximum absolute atomic E-state index is 12.8. The predicted octanol–water partition coefficient (Wildman–Crippen LogP) is 3.12. The first-order valence-electron chi connectivity index (χ1n) is 8.64. The van der Waals surface area contributed by atoms with Crippen molar-refractivity contribution in [3.63, 3.8) is 0 Å². The smallest absolute Gasteiger partial charge is 0.416 e. The minimum atomic E-state index is -4.51. The summed E-state index contributed by atoms with van der Waals surface area (Å²) in [5.41, 5.74) is 6.65. The number of alkyl halides is 3. The summed E-state index contributed by atoms with van der Waals surface area (Å²) in [5, 5.41) is 5.98. The van der Waals surface area contributed by atoms with Gasteiger partial charge in [-0.3, -0.25) is 4.79 Å². The molecule has 0 unspecified atom stereocenters. The number of halogens is 3. The van der Waals surface area contributed by atoms with Crippen LogP contribution in [0.4, 0.5) is 23.7 Å². The molecular weight excluding hydrogens is 405 g/mol. The highest BCUT2D eigenvalue weighted by atomic mass is 19.4. The van der Waals surface area contributed by atoms with Gasteiger partial charge in [-0.05, 0) is 48.9 Å². The van der Waals surface area contributed by atoms with Crippen LogP contribution in [0.3, 0.4) is 0 Å². The molecule has 0 fully saturated rings. The highest BCUT2D eigenvalue weighted by Gasteiger charge is 2.30. The summed E-state index contributed by atoms with van der Waals surface area (Å²) in [6.07, 6.45) is -3.18. The van der Waals surface area contributed by atoms with Crippen LogP contribution in [0, 0.1) is 0 Å². The fourth-order valence-electron chi connectivity index (χ4n) is 2.28. The average Bonchev–Trinajstić information content (AvgIpc) is 2.67. The average molecular weight is 424 g/mol. The van der Waals surface area contributed by atoms with Crippen LogP contribution >= 0.6 is 0 Å². The van der Waals surface area contributed by atoms with Crippen molar-refractivity contribution in [2.75, 3.05) is 18.5 Å². The number of nitrogens with zero attached hydrogens (tertiary/aromatic N) is 1. The zero-order chi connectivity index (χ0) is 22.1. The van der Waals surface area contributed by atoms with Crippen LogP contribution in [0.15, 0.2) is 47.6 Å². The Morgan fingerprint density at radius 3 is 2.57 bits per heavy atom. The zero-order valence-electron chi connectivity index (χ0n) is 15.8. The van der Waals surface area contributed by atoms with E-state index in [1.54, 1.807) is 19.1 Å². The number of ether oxygens (including phenoxy) is 2. The van der Waals surface area contributed by atoms with E-state index in [1.165, 1.54) is 24.4 Å². The van der Waals surface area contributed by atoms with Crippen molar-refractivity contribution < 1.29 is 32.2 Å². The summed E-state index contributed by atoms with van der Waals surface area (Å²) in [6, 6.07) is 8.14. The third-order valence-corrected chi connectivity index (χ3v) is 3.49. The monoisotopic (exact) mass is 424 g/mol. The number of amides is 3. The van der Waals surface area contributed by atoms with Gasteiger partial charge in [-0.25, -0.2) is 10.2 Å². The minimum absolute atomic E-state index is 0.00281. The summed E-state index contributed by atoms with van der Waals surface area (Å²) in [4.78, 5) is 22.7. The number of carbonyl (C=O) groups is 2. The number of urea groups is 1. The molecule has 0 aliphatic carbocycles. The van der Waals surface area contributed by atoms with E-state index in [1.807, 2.05) is 5.43 Å². The van der Waals surface area contributed by atoms with E-state index in [4.69, 9.17) is 15.2 Å². The first-order chi connectivity index (χ1) is 14.2. The zero-order valence-corrected chi connectivity index (χ0v) is 15.8. The van der Waals surface area contributed by atoms with Crippen molar-refractivity contribution in [2.45, 2.75) is 13.1 Å². The fourth-order valence-corrected chi connectivity index (χ4v) is 2.28. The van der Waals surface area contributed by atoms with Crippen LogP contribution < -0.4 is 25.9 Å². The molecule has 0 radical (unpaired) electrons. The topological polar surface area (TPSA) is 115 Å². The number of primary amides is 1. The normalized spacial score (nSPS) is 11.2. The number of nitrogens with two attached hydrogens (primary N) is 1. The van der Waals surface area contributed by atoms with Gasteiger partial charge < -0.3 is 20.5 Å². The molecule has 0 spiro atoms. The third kappa shape index (κ3) is 7.00. The molecule has 3 amide bonds. The van der Waals surface area contributed by atoms with Crippen molar-refractivity contribution >= 4 is 23.8 Å². The van der Waals surface area contributed by atoms with Gasteiger partial charge in [0.15, 0.2) is 18.1 Å². The van der Waals surface area contributed by atoms with Gasteiger partial charge >= 0.3 is 12.2 Å². The largest absolute Gasteiger partial charge is 0.490 e. The number of anilines is 1. The molecule has 2 aromatic rings. The number of hydrazone groups is 1. The molecule has 11 heteroatoms. The lowest BCUT2D eigenvalue weighted by atomic mass is 10.2. The molecular formula is C19H19F3N4O4. The molecule has 4 N–H and O–H groups in total. The van der Waals surface area contributed by atoms with Gasteiger partial charge in [-0.2, -0.15) is 18.3 Å². The van der Waals surface area contributed by atoms with Crippen molar-refractivity contribution in [1.82, 2.24) is 5.43 Å². The number of hydrogen-bond acceptors (Lipinski definition) is 5. The third-order valence-electron chi connectivity index (χ3n) is 3.49. The van der Waals surface area contributed by atoms with Gasteiger partial charge in [-0.1, -0.05) is 6.07 Å². The van der Waals surface area contributed by atoms with Crippen molar-refractivity contribution in [3.8, 4) is 11.5 Å². The van der Waals surface area contributed by atoms with Gasteiger partial charge in [-0.15, -0.1) is 0 Å². The molecule has 160 valence electrons. The van der Waals surface area contributed by atoms with Gasteiger partial charge in [0.25, 0.3) is 5.91 Å². The summed E-state index contributed by atoms with van der Waals surface area (Å²) in [7, 11) is 0. The van der Waals surface area contributed by atoms with Crippen LogP contribution in [0.1, 0.15) is 18.1 Å². The van der Waals surface area contributed by atoms with E-state index >= 15 is 0 Å². The first-order valence-corrected chi connectivity index (χ1v) is 8.64. The molecule has 0 aliphatic rings. The highest BCUT2D eigenvalue weighted by Crippen LogP contribution is 2.31. The van der Waals surface area contributed by atoms with Gasteiger partial charge in [0, 0.05) is 5.69 Å². The predicted molar refractivity (Wildman–Crippen MR) is 103 cm³/mol. The Balaban J connectivity index is 2.02. The Morgan fingerprint density at radius 1 is 1.13 bits per heavy atom. The molecule has 0 saturated heterocycles. The molecule has 0 heterocycles. The quantitative estimate of drug-likeness (QED) is 0.446. The highest BCUT2D eigenvalue weighted by molar-refractivity contribution is 5.92. The first kappa shape index (κ1) is 22.5. The number of nitrogens with one attached hydrogen (secondary N) is 2. The van der Waals surface area contributed by atoms with Crippen molar-refractivity contribution in [1.29, 1.82) is 0 Å². The van der Waals surface area contributed by atoms with Crippen molar-refractivity contribution in [2.24, 2.45) is 10.8 Å². The van der Waals surface area contributed by atoms with E-state index < -0.39 is 30.3 Å². The lowest BCUT2D eigenvalue weighted by Crippen LogP contribution is -2.24. The SMILES string of the molecule is CCOc1cc(/C=N/NC(N)=O)ccc1OCC(=O)Nc1cccc(C(F)(F)F)c1. The second-order valence-corrected chi connectivity index (χ2v) is 5.79. The summed E-state index contributed by atoms with van der Waals surface area (Å²) >= 11 is 0. The van der Waals surface area contributed by atoms with E-state index in [0.29, 0.717) is 17.9 Å². The molecule has 30 heavy (non-hydrogen) atoms. The van der Waals surface area contributed by atoms with Crippen LogP contribution in [0.25, 0.3) is 0 Å². The Labute approximate surface area is 169 Å². The van der Waals surface area contributed by atoms with Crippen LogP contribution in [0.2, 0.25) is 0 Å². The minimum Gasteiger partial charge on any atom is -0.490 e. The van der Waals surface area contributed by atoms with Crippen molar-refractivity contribution in [3.05, 3.63) is 53.6 Å². The van der Waals surface area contributed by atoms with Crippen LogP contribution in [-0.4, -0.2) is 31.4 Å². The van der Waals surface area contributed by atoms with E-state index in [9.17, 15) is 22.8 Å². The summed E-state index contributed by atoms with van der Waals surface area (Å²) in [5.74, 6) is -0.0866. The standard InChI is InChI=1S/C19H19F3N4O4/c1-2-29-16-8-12(10-24-26-18(23)28)6-7-15(16)30-11-17(27)25-14-5-3-4-13(9-14)19(20,21)22/h3-10H,2,11H2,1H3,(H,25,27)(H3,23,26,28)/b24-10+. The van der Waals surface area contributed by atoms with Gasteiger partial charge in [0.2, 0.25) is 0 Å². The molecule has 0 atom stereocenters. The lowest BCUT2D eigenvalue weighted by molar-refractivity contribution is -0.137. The second-order valence-electron chi connectivity index (χ2n) is 5.79. The second kappa shape index (κ2) is 10.1. The van der Waals surface area contributed by atoms with E-state index in [2.05, 4.69) is 10.4 Å². The molecule has 0 aromatic heterocycles. The van der Waals surface area contributed by atoms with Crippen LogP contribution in [-0.2, 0) is 11.0 Å². The maximum atomic E-state index is 12.8. The molecule has 2 aromatic carbocycles. The maximum Gasteiger partial charge on any atom is 0.416 e. The Morgan fingerprint density at radius 2 is 1.90 bits per heavy atom. The number of benzene rings is 2. The molecule has 0 saturated carbocycles.